The Balaban J connectivity index is 1.62. The third kappa shape index (κ3) is 3.40. The van der Waals surface area contributed by atoms with E-state index in [0.717, 1.165) is 53.5 Å². The van der Waals surface area contributed by atoms with Gasteiger partial charge in [0.2, 0.25) is 0 Å². The molecule has 2 amide bonds. The van der Waals surface area contributed by atoms with E-state index in [0.29, 0.717) is 13.1 Å². The van der Waals surface area contributed by atoms with E-state index in [1.54, 1.807) is 0 Å². The average Bonchev–Trinajstić information content (AvgIpc) is 3.13. The molecule has 1 aliphatic heterocycles. The minimum absolute atomic E-state index is 0.102. The van der Waals surface area contributed by atoms with Crippen molar-refractivity contribution in [2.45, 2.75) is 46.7 Å². The lowest BCUT2D eigenvalue weighted by Gasteiger charge is -2.21. The maximum Gasteiger partial charge on any atom is 0.323 e. The Morgan fingerprint density at radius 3 is 2.68 bits per heavy atom. The molecule has 1 aliphatic rings. The van der Waals surface area contributed by atoms with Gasteiger partial charge in [0.05, 0.1) is 29.3 Å². The Hall–Kier alpha value is -3.09. The van der Waals surface area contributed by atoms with E-state index in [9.17, 15) is 4.79 Å². The fraction of sp³-hybridized carbons (Fsp3) is 0.381. The summed E-state index contributed by atoms with van der Waals surface area (Å²) in [5.74, 6) is 0.738. The van der Waals surface area contributed by atoms with Crippen molar-refractivity contribution in [3.8, 4) is 5.69 Å². The number of hydrogen-bond acceptors (Lipinski definition) is 3. The van der Waals surface area contributed by atoms with Crippen LogP contribution in [-0.2, 0) is 19.5 Å². The standard InChI is InChI=1S/C21H26N6O/c1-4-19-16(3)20(27(24-19)17-9-6-5-7-10-17)22-21(28)25-11-8-12-26-18(14-25)13-15(2)23-26/h5-7,9-10,13H,4,8,11-12,14H2,1-3H3,(H,22,28). The van der Waals surface area contributed by atoms with Gasteiger partial charge in [0.15, 0.2) is 0 Å². The smallest absolute Gasteiger partial charge is 0.319 e. The van der Waals surface area contributed by atoms with Crippen LogP contribution >= 0.6 is 0 Å². The maximum atomic E-state index is 13.1. The van der Waals surface area contributed by atoms with E-state index >= 15 is 0 Å². The summed E-state index contributed by atoms with van der Waals surface area (Å²) in [6.45, 7) is 8.18. The molecule has 0 radical (unpaired) electrons. The first-order chi connectivity index (χ1) is 13.6. The van der Waals surface area contributed by atoms with Gasteiger partial charge in [-0.3, -0.25) is 10.00 Å². The van der Waals surface area contributed by atoms with Gasteiger partial charge in [0.25, 0.3) is 0 Å². The van der Waals surface area contributed by atoms with Crippen LogP contribution in [0.2, 0.25) is 0 Å². The number of para-hydroxylation sites is 1. The number of fused-ring (bicyclic) bond motifs is 1. The van der Waals surface area contributed by atoms with Gasteiger partial charge in [-0.1, -0.05) is 25.1 Å². The first kappa shape index (κ1) is 18.3. The van der Waals surface area contributed by atoms with Gasteiger partial charge in [0, 0.05) is 18.7 Å². The Morgan fingerprint density at radius 2 is 1.93 bits per heavy atom. The quantitative estimate of drug-likeness (QED) is 0.756. The summed E-state index contributed by atoms with van der Waals surface area (Å²) in [6.07, 6.45) is 1.70. The van der Waals surface area contributed by atoms with Gasteiger partial charge >= 0.3 is 6.03 Å². The highest BCUT2D eigenvalue weighted by Crippen LogP contribution is 2.24. The molecule has 146 valence electrons. The van der Waals surface area contributed by atoms with Crippen molar-refractivity contribution in [1.29, 1.82) is 0 Å². The third-order valence-electron chi connectivity index (χ3n) is 5.21. The van der Waals surface area contributed by atoms with Crippen LogP contribution in [0.3, 0.4) is 0 Å². The number of amides is 2. The van der Waals surface area contributed by atoms with E-state index in [2.05, 4.69) is 23.4 Å². The van der Waals surface area contributed by atoms with Gasteiger partial charge in [0.1, 0.15) is 5.82 Å². The molecule has 0 fully saturated rings. The van der Waals surface area contributed by atoms with Crippen molar-refractivity contribution in [3.63, 3.8) is 0 Å². The molecule has 4 rings (SSSR count). The van der Waals surface area contributed by atoms with Crippen LogP contribution in [0.15, 0.2) is 36.4 Å². The molecule has 0 saturated heterocycles. The number of carbonyl (C=O) groups excluding carboxylic acids is 1. The molecule has 0 aliphatic carbocycles. The summed E-state index contributed by atoms with van der Waals surface area (Å²) >= 11 is 0. The molecule has 1 N–H and O–H groups in total. The number of urea groups is 1. The predicted molar refractivity (Wildman–Crippen MR) is 109 cm³/mol. The highest BCUT2D eigenvalue weighted by Gasteiger charge is 2.23. The summed E-state index contributed by atoms with van der Waals surface area (Å²) in [7, 11) is 0. The normalized spacial score (nSPS) is 13.9. The van der Waals surface area contributed by atoms with Crippen LogP contribution in [0.25, 0.3) is 5.69 Å². The molecule has 0 atom stereocenters. The van der Waals surface area contributed by atoms with Gasteiger partial charge in [-0.05, 0) is 44.9 Å². The number of nitrogens with one attached hydrogen (secondary N) is 1. The number of benzene rings is 1. The van der Waals surface area contributed by atoms with Crippen LogP contribution in [0.4, 0.5) is 10.6 Å². The number of aromatic nitrogens is 4. The van der Waals surface area contributed by atoms with Crippen LogP contribution in [-0.4, -0.2) is 37.0 Å². The molecule has 0 spiro atoms. The zero-order valence-electron chi connectivity index (χ0n) is 16.6. The van der Waals surface area contributed by atoms with Gasteiger partial charge in [-0.25, -0.2) is 9.48 Å². The number of rotatable bonds is 3. The van der Waals surface area contributed by atoms with Crippen molar-refractivity contribution in [2.75, 3.05) is 11.9 Å². The van der Waals surface area contributed by atoms with Crippen molar-refractivity contribution < 1.29 is 4.79 Å². The first-order valence-corrected chi connectivity index (χ1v) is 9.80. The van der Waals surface area contributed by atoms with Crippen molar-refractivity contribution in [3.05, 3.63) is 59.0 Å². The summed E-state index contributed by atoms with van der Waals surface area (Å²) < 4.78 is 3.84. The van der Waals surface area contributed by atoms with Gasteiger partial charge < -0.3 is 4.90 Å². The molecule has 2 aromatic heterocycles. The molecule has 7 heteroatoms. The minimum Gasteiger partial charge on any atom is -0.319 e. The van der Waals surface area contributed by atoms with Crippen LogP contribution in [0.5, 0.6) is 0 Å². The molecule has 1 aromatic carbocycles. The van der Waals surface area contributed by atoms with Crippen LogP contribution < -0.4 is 5.32 Å². The minimum atomic E-state index is -0.102. The maximum absolute atomic E-state index is 13.1. The zero-order chi connectivity index (χ0) is 19.7. The largest absolute Gasteiger partial charge is 0.323 e. The summed E-state index contributed by atoms with van der Waals surface area (Å²) in [5.41, 5.74) is 5.00. The molecular weight excluding hydrogens is 352 g/mol. The first-order valence-electron chi connectivity index (χ1n) is 9.80. The molecule has 3 aromatic rings. The SMILES string of the molecule is CCc1nn(-c2ccccc2)c(NC(=O)N2CCCn3nc(C)cc3C2)c1C. The van der Waals surface area contributed by atoms with Crippen molar-refractivity contribution >= 4 is 11.8 Å². The third-order valence-corrected chi connectivity index (χ3v) is 5.21. The molecule has 3 heterocycles. The highest BCUT2D eigenvalue weighted by molar-refractivity contribution is 5.89. The molecule has 0 unspecified atom stereocenters. The van der Waals surface area contributed by atoms with Crippen molar-refractivity contribution in [1.82, 2.24) is 24.5 Å². The van der Waals surface area contributed by atoms with Crippen molar-refractivity contribution in [2.24, 2.45) is 0 Å². The number of aryl methyl sites for hydroxylation is 3. The Kier molecular flexibility index (Phi) is 4.90. The highest BCUT2D eigenvalue weighted by atomic mass is 16.2. The van der Waals surface area contributed by atoms with Crippen LogP contribution in [0, 0.1) is 13.8 Å². The lowest BCUT2D eigenvalue weighted by molar-refractivity contribution is 0.210. The lowest BCUT2D eigenvalue weighted by Crippen LogP contribution is -2.35. The summed E-state index contributed by atoms with van der Waals surface area (Å²) in [4.78, 5) is 15.0. The topological polar surface area (TPSA) is 68.0 Å². The number of nitrogens with zero attached hydrogens (tertiary/aromatic N) is 5. The lowest BCUT2D eigenvalue weighted by atomic mass is 10.2. The Bertz CT molecular complexity index is 988. The zero-order valence-corrected chi connectivity index (χ0v) is 16.6. The molecule has 7 nitrogen and oxygen atoms in total. The van der Waals surface area contributed by atoms with E-state index in [4.69, 9.17) is 5.10 Å². The number of hydrogen-bond donors (Lipinski definition) is 1. The summed E-state index contributed by atoms with van der Waals surface area (Å²) in [6, 6.07) is 11.9. The monoisotopic (exact) mass is 378 g/mol. The van der Waals surface area contributed by atoms with Gasteiger partial charge in [-0.15, -0.1) is 0 Å². The molecular formula is C21H26N6O. The Labute approximate surface area is 165 Å². The van der Waals surface area contributed by atoms with Gasteiger partial charge in [-0.2, -0.15) is 10.2 Å². The number of carbonyl (C=O) groups is 1. The molecule has 0 bridgehead atoms. The summed E-state index contributed by atoms with van der Waals surface area (Å²) in [5, 5.41) is 12.4. The second-order valence-electron chi connectivity index (χ2n) is 7.23. The fourth-order valence-corrected chi connectivity index (χ4v) is 3.74. The molecule has 28 heavy (non-hydrogen) atoms. The fourth-order valence-electron chi connectivity index (χ4n) is 3.74. The van der Waals surface area contributed by atoms with Crippen LogP contribution in [0.1, 0.15) is 36.0 Å². The Morgan fingerprint density at radius 1 is 1.14 bits per heavy atom. The predicted octanol–water partition coefficient (Wildman–Crippen LogP) is 3.69. The van der Waals surface area contributed by atoms with E-state index in [1.807, 2.05) is 58.4 Å². The number of anilines is 1. The second kappa shape index (κ2) is 7.50. The molecule has 0 saturated carbocycles. The van der Waals surface area contributed by atoms with E-state index < -0.39 is 0 Å². The second-order valence-corrected chi connectivity index (χ2v) is 7.23. The average molecular weight is 378 g/mol. The van der Waals surface area contributed by atoms with E-state index in [1.165, 1.54) is 0 Å². The van der Waals surface area contributed by atoms with E-state index in [-0.39, 0.29) is 6.03 Å².